The van der Waals surface area contributed by atoms with Gasteiger partial charge in [0.2, 0.25) is 5.91 Å². The molecule has 1 aliphatic heterocycles. The quantitative estimate of drug-likeness (QED) is 0.838. The molecule has 90 valence electrons. The van der Waals surface area contributed by atoms with Crippen molar-refractivity contribution in [2.75, 3.05) is 13.1 Å². The molecular weight excluding hydrogens is 236 g/mol. The second-order valence-corrected chi connectivity index (χ2v) is 5.21. The van der Waals surface area contributed by atoms with Gasteiger partial charge in [0.25, 0.3) is 0 Å². The molecule has 2 N–H and O–H groups in total. The molecule has 0 bridgehead atoms. The molecule has 4 heteroatoms. The summed E-state index contributed by atoms with van der Waals surface area (Å²) in [6.45, 7) is 1.53. The number of carbonyl (C=O) groups excluding carboxylic acids is 1. The number of nitrogens with one attached hydrogen (secondary N) is 2. The molecule has 17 heavy (non-hydrogen) atoms. The van der Waals surface area contributed by atoms with Crippen molar-refractivity contribution in [3.63, 3.8) is 0 Å². The first-order valence-corrected chi connectivity index (χ1v) is 6.40. The maximum atomic E-state index is 12.3. The molecule has 1 unspecified atom stereocenters. The number of hydrogen-bond donors (Lipinski definition) is 2. The summed E-state index contributed by atoms with van der Waals surface area (Å²) < 4.78 is 0. The molecular formula is C13H15ClN2O. The van der Waals surface area contributed by atoms with E-state index in [4.69, 9.17) is 11.6 Å². The van der Waals surface area contributed by atoms with Crippen LogP contribution in [-0.4, -0.2) is 19.0 Å². The zero-order valence-electron chi connectivity index (χ0n) is 9.50. The second-order valence-electron chi connectivity index (χ2n) is 4.77. The second kappa shape index (κ2) is 4.00. The Kier molecular flexibility index (Phi) is 2.60. The van der Waals surface area contributed by atoms with Gasteiger partial charge in [0.1, 0.15) is 5.54 Å². The average molecular weight is 251 g/mol. The van der Waals surface area contributed by atoms with Crippen molar-refractivity contribution in [3.8, 4) is 0 Å². The van der Waals surface area contributed by atoms with E-state index in [2.05, 4.69) is 10.6 Å². The smallest absolute Gasteiger partial charge is 0.245 e. The first kappa shape index (κ1) is 11.1. The van der Waals surface area contributed by atoms with E-state index in [0.29, 0.717) is 17.5 Å². The fourth-order valence-electron chi connectivity index (χ4n) is 2.68. The highest BCUT2D eigenvalue weighted by Crippen LogP contribution is 2.46. The third-order valence-electron chi connectivity index (χ3n) is 3.66. The molecule has 0 spiro atoms. The first-order chi connectivity index (χ1) is 8.23. The van der Waals surface area contributed by atoms with Gasteiger partial charge in [-0.3, -0.25) is 10.1 Å². The molecule has 2 aliphatic rings. The Morgan fingerprint density at radius 1 is 1.18 bits per heavy atom. The Morgan fingerprint density at radius 2 is 1.88 bits per heavy atom. The van der Waals surface area contributed by atoms with E-state index in [1.807, 2.05) is 24.3 Å². The zero-order valence-corrected chi connectivity index (χ0v) is 10.3. The average Bonchev–Trinajstić information content (AvgIpc) is 3.16. The molecule has 0 radical (unpaired) electrons. The van der Waals surface area contributed by atoms with Crippen molar-refractivity contribution >= 4 is 17.5 Å². The highest BCUT2D eigenvalue weighted by atomic mass is 35.5. The maximum Gasteiger partial charge on any atom is 0.245 e. The Bertz CT molecular complexity index is 441. The van der Waals surface area contributed by atoms with Crippen molar-refractivity contribution in [2.45, 2.75) is 18.4 Å². The lowest BCUT2D eigenvalue weighted by atomic mass is 9.82. The largest absolute Gasteiger partial charge is 0.353 e. The summed E-state index contributed by atoms with van der Waals surface area (Å²) in [5, 5.41) is 7.10. The number of halogens is 1. The minimum atomic E-state index is -0.525. The van der Waals surface area contributed by atoms with Crippen molar-refractivity contribution in [1.29, 1.82) is 0 Å². The fraction of sp³-hybridized carbons (Fsp3) is 0.462. The van der Waals surface area contributed by atoms with Gasteiger partial charge in [0.15, 0.2) is 0 Å². The minimum absolute atomic E-state index is 0.105. The summed E-state index contributed by atoms with van der Waals surface area (Å²) in [5.41, 5.74) is 0.504. The zero-order chi connectivity index (χ0) is 11.9. The molecule has 1 heterocycles. The van der Waals surface area contributed by atoms with E-state index in [1.165, 1.54) is 0 Å². The predicted octanol–water partition coefficient (Wildman–Crippen LogP) is 1.66. The third kappa shape index (κ3) is 1.74. The molecule has 1 amide bonds. The predicted molar refractivity (Wildman–Crippen MR) is 66.9 cm³/mol. The number of hydrogen-bond acceptors (Lipinski definition) is 2. The van der Waals surface area contributed by atoms with Crippen LogP contribution in [0.2, 0.25) is 5.02 Å². The van der Waals surface area contributed by atoms with Gasteiger partial charge in [-0.2, -0.15) is 0 Å². The molecule has 3 nitrogen and oxygen atoms in total. The first-order valence-electron chi connectivity index (χ1n) is 6.03. The molecule has 2 fully saturated rings. The molecule has 0 aromatic heterocycles. The number of amides is 1. The van der Waals surface area contributed by atoms with Crippen LogP contribution in [0, 0.1) is 5.92 Å². The number of carbonyl (C=O) groups is 1. The van der Waals surface area contributed by atoms with Crippen LogP contribution in [0.4, 0.5) is 0 Å². The molecule has 1 saturated carbocycles. The van der Waals surface area contributed by atoms with Crippen molar-refractivity contribution < 1.29 is 4.79 Å². The lowest BCUT2D eigenvalue weighted by Gasteiger charge is -2.38. The number of rotatable bonds is 2. The lowest BCUT2D eigenvalue weighted by Crippen LogP contribution is -2.62. The summed E-state index contributed by atoms with van der Waals surface area (Å²) in [6, 6.07) is 7.62. The van der Waals surface area contributed by atoms with Gasteiger partial charge in [-0.25, -0.2) is 0 Å². The summed E-state index contributed by atoms with van der Waals surface area (Å²) >= 11 is 5.91. The topological polar surface area (TPSA) is 41.1 Å². The molecule has 1 aromatic rings. The highest BCUT2D eigenvalue weighted by molar-refractivity contribution is 6.30. The molecule has 1 aliphatic carbocycles. The van der Waals surface area contributed by atoms with Crippen LogP contribution >= 0.6 is 11.6 Å². The van der Waals surface area contributed by atoms with Crippen LogP contribution < -0.4 is 10.6 Å². The van der Waals surface area contributed by atoms with Gasteiger partial charge in [0.05, 0.1) is 0 Å². The summed E-state index contributed by atoms with van der Waals surface area (Å²) in [4.78, 5) is 12.3. The maximum absolute atomic E-state index is 12.3. The van der Waals surface area contributed by atoms with Crippen molar-refractivity contribution in [2.24, 2.45) is 5.92 Å². The third-order valence-corrected chi connectivity index (χ3v) is 3.91. The minimum Gasteiger partial charge on any atom is -0.353 e. The summed E-state index contributed by atoms with van der Waals surface area (Å²) in [5.74, 6) is 0.526. The standard InChI is InChI=1S/C13H15ClN2O/c14-11-5-3-10(4-6-11)13(9-1-2-9)12(17)15-7-8-16-13/h3-6,9,16H,1-2,7-8H2,(H,15,17). The van der Waals surface area contributed by atoms with Gasteiger partial charge in [-0.1, -0.05) is 23.7 Å². The van der Waals surface area contributed by atoms with E-state index >= 15 is 0 Å². The van der Waals surface area contributed by atoms with Gasteiger partial charge in [0, 0.05) is 18.1 Å². The summed E-state index contributed by atoms with van der Waals surface area (Å²) in [6.07, 6.45) is 2.23. The Balaban J connectivity index is 2.04. The number of piperazine rings is 1. The van der Waals surface area contributed by atoms with Crippen molar-refractivity contribution in [3.05, 3.63) is 34.9 Å². The highest BCUT2D eigenvalue weighted by Gasteiger charge is 2.52. The van der Waals surface area contributed by atoms with E-state index in [1.54, 1.807) is 0 Å². The van der Waals surface area contributed by atoms with E-state index in [0.717, 1.165) is 24.9 Å². The number of benzene rings is 1. The monoisotopic (exact) mass is 250 g/mol. The van der Waals surface area contributed by atoms with Crippen molar-refractivity contribution in [1.82, 2.24) is 10.6 Å². The summed E-state index contributed by atoms with van der Waals surface area (Å²) in [7, 11) is 0. The Labute approximate surface area is 106 Å². The van der Waals surface area contributed by atoms with E-state index < -0.39 is 5.54 Å². The Morgan fingerprint density at radius 3 is 2.47 bits per heavy atom. The lowest BCUT2D eigenvalue weighted by molar-refractivity contribution is -0.130. The van der Waals surface area contributed by atoms with Crippen LogP contribution in [0.15, 0.2) is 24.3 Å². The van der Waals surface area contributed by atoms with Gasteiger partial charge < -0.3 is 5.32 Å². The van der Waals surface area contributed by atoms with Crippen LogP contribution in [0.1, 0.15) is 18.4 Å². The van der Waals surface area contributed by atoms with Crippen LogP contribution in [0.25, 0.3) is 0 Å². The van der Waals surface area contributed by atoms with Gasteiger partial charge >= 0.3 is 0 Å². The van der Waals surface area contributed by atoms with Crippen LogP contribution in [0.3, 0.4) is 0 Å². The normalized spacial score (nSPS) is 28.9. The fourth-order valence-corrected chi connectivity index (χ4v) is 2.81. The SMILES string of the molecule is O=C1NCCNC1(c1ccc(Cl)cc1)C1CC1. The van der Waals surface area contributed by atoms with E-state index in [9.17, 15) is 4.79 Å². The van der Waals surface area contributed by atoms with Gasteiger partial charge in [-0.05, 0) is 36.5 Å². The van der Waals surface area contributed by atoms with Gasteiger partial charge in [-0.15, -0.1) is 0 Å². The molecule has 3 rings (SSSR count). The van der Waals surface area contributed by atoms with Crippen LogP contribution in [-0.2, 0) is 10.3 Å². The van der Waals surface area contributed by atoms with Crippen LogP contribution in [0.5, 0.6) is 0 Å². The molecule has 1 saturated heterocycles. The molecule has 1 aromatic carbocycles. The Hall–Kier alpha value is -1.06. The molecule has 1 atom stereocenters. The van der Waals surface area contributed by atoms with E-state index in [-0.39, 0.29) is 5.91 Å².